The number of benzene rings is 1. The zero-order valence-corrected chi connectivity index (χ0v) is 12.7. The number of halogens is 1. The van der Waals surface area contributed by atoms with Crippen molar-refractivity contribution in [1.82, 2.24) is 9.78 Å². The smallest absolute Gasteiger partial charge is 0.356 e. The Kier molecular flexibility index (Phi) is 3.71. The van der Waals surface area contributed by atoms with Crippen LogP contribution >= 0.6 is 15.9 Å². The monoisotopic (exact) mass is 340 g/mol. The second kappa shape index (κ2) is 5.16. The lowest BCUT2D eigenvalue weighted by Crippen LogP contribution is -2.00. The molecule has 106 valence electrons. The minimum atomic E-state index is -1.12. The zero-order valence-electron chi connectivity index (χ0n) is 11.1. The Morgan fingerprint density at radius 2 is 2.10 bits per heavy atom. The van der Waals surface area contributed by atoms with E-state index in [1.165, 1.54) is 17.9 Å². The number of carbonyl (C=O) groups is 1. The summed E-state index contributed by atoms with van der Waals surface area (Å²) in [6.07, 6.45) is 0. The SMILES string of the molecule is COc1c(Br)cc(C)c(-c2cc(C(=O)O)nn2C)c1O. The first kappa shape index (κ1) is 14.4. The van der Waals surface area contributed by atoms with Gasteiger partial charge in [-0.2, -0.15) is 5.10 Å². The molecule has 1 aromatic carbocycles. The van der Waals surface area contributed by atoms with Gasteiger partial charge in [-0.25, -0.2) is 4.79 Å². The number of rotatable bonds is 3. The summed E-state index contributed by atoms with van der Waals surface area (Å²) in [6.45, 7) is 1.81. The number of aryl methyl sites for hydroxylation is 2. The third-order valence-corrected chi connectivity index (χ3v) is 3.55. The number of hydrogen-bond donors (Lipinski definition) is 2. The number of carboxylic acid groups (broad SMARTS) is 1. The number of carboxylic acids is 1. The number of hydrogen-bond acceptors (Lipinski definition) is 4. The molecule has 0 fully saturated rings. The van der Waals surface area contributed by atoms with Gasteiger partial charge in [-0.15, -0.1) is 0 Å². The van der Waals surface area contributed by atoms with Gasteiger partial charge >= 0.3 is 5.97 Å². The van der Waals surface area contributed by atoms with Gasteiger partial charge in [0.05, 0.1) is 17.3 Å². The van der Waals surface area contributed by atoms with Crippen LogP contribution < -0.4 is 4.74 Å². The molecule has 2 aromatic rings. The quantitative estimate of drug-likeness (QED) is 0.896. The standard InChI is InChI=1S/C13H13BrN2O4/c1-6-4-7(14)12(20-3)11(17)10(6)9-5-8(13(18)19)15-16(9)2/h4-5,17H,1-3H3,(H,18,19). The van der Waals surface area contributed by atoms with Gasteiger partial charge in [-0.3, -0.25) is 4.68 Å². The van der Waals surface area contributed by atoms with Crippen LogP contribution in [0.2, 0.25) is 0 Å². The van der Waals surface area contributed by atoms with Crippen molar-refractivity contribution < 1.29 is 19.7 Å². The predicted molar refractivity (Wildman–Crippen MR) is 76.3 cm³/mol. The van der Waals surface area contributed by atoms with Crippen molar-refractivity contribution in [1.29, 1.82) is 0 Å². The molecular weight excluding hydrogens is 328 g/mol. The molecule has 0 bridgehead atoms. The van der Waals surface area contributed by atoms with E-state index in [0.717, 1.165) is 5.56 Å². The Labute approximate surface area is 123 Å². The Morgan fingerprint density at radius 1 is 1.45 bits per heavy atom. The van der Waals surface area contributed by atoms with E-state index in [9.17, 15) is 9.90 Å². The Hall–Kier alpha value is -2.02. The van der Waals surface area contributed by atoms with Crippen LogP contribution in [-0.2, 0) is 7.05 Å². The number of nitrogens with zero attached hydrogens (tertiary/aromatic N) is 2. The number of ether oxygens (including phenoxy) is 1. The van der Waals surface area contributed by atoms with Gasteiger partial charge in [-0.05, 0) is 40.5 Å². The highest BCUT2D eigenvalue weighted by Gasteiger charge is 2.21. The molecule has 7 heteroatoms. The van der Waals surface area contributed by atoms with Gasteiger partial charge in [0, 0.05) is 12.6 Å². The Morgan fingerprint density at radius 3 is 2.60 bits per heavy atom. The normalized spacial score (nSPS) is 10.6. The van der Waals surface area contributed by atoms with Crippen LogP contribution in [0.5, 0.6) is 11.5 Å². The van der Waals surface area contributed by atoms with E-state index in [-0.39, 0.29) is 11.4 Å². The fraction of sp³-hybridized carbons (Fsp3) is 0.231. The zero-order chi connectivity index (χ0) is 15.0. The summed E-state index contributed by atoms with van der Waals surface area (Å²) < 4.78 is 7.18. The summed E-state index contributed by atoms with van der Waals surface area (Å²) in [6, 6.07) is 3.21. The van der Waals surface area contributed by atoms with Crippen LogP contribution in [0.3, 0.4) is 0 Å². The first-order chi connectivity index (χ1) is 9.36. The molecule has 0 radical (unpaired) electrons. The minimum absolute atomic E-state index is 0.0562. The van der Waals surface area contributed by atoms with E-state index in [4.69, 9.17) is 9.84 Å². The third-order valence-electron chi connectivity index (χ3n) is 2.97. The molecule has 1 heterocycles. The van der Waals surface area contributed by atoms with Gasteiger partial charge < -0.3 is 14.9 Å². The Bertz CT molecular complexity index is 694. The van der Waals surface area contributed by atoms with Crippen LogP contribution in [0.4, 0.5) is 0 Å². The average Bonchev–Trinajstić information content (AvgIpc) is 2.72. The van der Waals surface area contributed by atoms with Gasteiger partial charge in [0.1, 0.15) is 0 Å². The van der Waals surface area contributed by atoms with Crippen molar-refractivity contribution in [2.24, 2.45) is 7.05 Å². The van der Waals surface area contributed by atoms with Crippen molar-refractivity contribution in [2.75, 3.05) is 7.11 Å². The molecule has 6 nitrogen and oxygen atoms in total. The predicted octanol–water partition coefficient (Wildman–Crippen LogP) is 2.57. The summed E-state index contributed by atoms with van der Waals surface area (Å²) in [5.74, 6) is -0.879. The number of aromatic hydroxyl groups is 1. The van der Waals surface area contributed by atoms with E-state index >= 15 is 0 Å². The summed E-state index contributed by atoms with van der Waals surface area (Å²) in [4.78, 5) is 11.0. The second-order valence-corrected chi connectivity index (χ2v) is 5.13. The maximum absolute atomic E-state index is 11.0. The second-order valence-electron chi connectivity index (χ2n) is 4.28. The summed E-state index contributed by atoms with van der Waals surface area (Å²) >= 11 is 3.31. The van der Waals surface area contributed by atoms with Crippen molar-refractivity contribution in [3.8, 4) is 22.8 Å². The van der Waals surface area contributed by atoms with E-state index in [1.54, 1.807) is 13.1 Å². The number of methoxy groups -OCH3 is 1. The molecule has 1 aromatic heterocycles. The van der Waals surface area contributed by atoms with Crippen LogP contribution in [0, 0.1) is 6.92 Å². The lowest BCUT2D eigenvalue weighted by atomic mass is 10.0. The molecule has 0 atom stereocenters. The molecule has 0 spiro atoms. The lowest BCUT2D eigenvalue weighted by Gasteiger charge is -2.13. The van der Waals surface area contributed by atoms with Crippen molar-refractivity contribution in [3.63, 3.8) is 0 Å². The van der Waals surface area contributed by atoms with Gasteiger partial charge in [-0.1, -0.05) is 0 Å². The number of aromatic nitrogens is 2. The van der Waals surface area contributed by atoms with E-state index in [2.05, 4.69) is 21.0 Å². The van der Waals surface area contributed by atoms with Gasteiger partial charge in [0.25, 0.3) is 0 Å². The van der Waals surface area contributed by atoms with Crippen LogP contribution in [0.1, 0.15) is 16.1 Å². The highest BCUT2D eigenvalue weighted by Crippen LogP contribution is 2.44. The largest absolute Gasteiger partial charge is 0.504 e. The minimum Gasteiger partial charge on any atom is -0.504 e. The molecule has 0 saturated carbocycles. The van der Waals surface area contributed by atoms with E-state index in [1.807, 2.05) is 6.92 Å². The first-order valence-corrected chi connectivity index (χ1v) is 6.49. The average molecular weight is 341 g/mol. The maximum atomic E-state index is 11.0. The van der Waals surface area contributed by atoms with E-state index < -0.39 is 5.97 Å². The van der Waals surface area contributed by atoms with Crippen molar-refractivity contribution in [2.45, 2.75) is 6.92 Å². The van der Waals surface area contributed by atoms with Gasteiger partial charge in [0.15, 0.2) is 17.2 Å². The van der Waals surface area contributed by atoms with Gasteiger partial charge in [0.2, 0.25) is 0 Å². The number of phenols is 1. The molecule has 2 N–H and O–H groups in total. The first-order valence-electron chi connectivity index (χ1n) is 5.70. The molecule has 0 unspecified atom stereocenters. The van der Waals surface area contributed by atoms with E-state index in [0.29, 0.717) is 21.5 Å². The molecule has 0 aliphatic carbocycles. The Balaban J connectivity index is 2.73. The van der Waals surface area contributed by atoms with Crippen molar-refractivity contribution >= 4 is 21.9 Å². The fourth-order valence-electron chi connectivity index (χ4n) is 2.06. The molecule has 0 aliphatic heterocycles. The molecule has 2 rings (SSSR count). The van der Waals surface area contributed by atoms with Crippen LogP contribution in [0.25, 0.3) is 11.3 Å². The summed E-state index contributed by atoms with van der Waals surface area (Å²) in [5.41, 5.74) is 1.69. The highest BCUT2D eigenvalue weighted by atomic mass is 79.9. The summed E-state index contributed by atoms with van der Waals surface area (Å²) in [5, 5.41) is 23.2. The fourth-order valence-corrected chi connectivity index (χ4v) is 2.76. The maximum Gasteiger partial charge on any atom is 0.356 e. The highest BCUT2D eigenvalue weighted by molar-refractivity contribution is 9.10. The third kappa shape index (κ3) is 2.24. The van der Waals surface area contributed by atoms with Crippen LogP contribution in [-0.4, -0.2) is 33.1 Å². The molecular formula is C13H13BrN2O4. The van der Waals surface area contributed by atoms with Crippen molar-refractivity contribution in [3.05, 3.63) is 27.9 Å². The summed E-state index contributed by atoms with van der Waals surface area (Å²) in [7, 11) is 3.07. The lowest BCUT2D eigenvalue weighted by molar-refractivity contribution is 0.0689. The number of phenolic OH excluding ortho intramolecular Hbond substituents is 1. The topological polar surface area (TPSA) is 84.6 Å². The van der Waals surface area contributed by atoms with Crippen LogP contribution in [0.15, 0.2) is 16.6 Å². The molecule has 0 aliphatic rings. The molecule has 0 saturated heterocycles. The molecule has 0 amide bonds. The number of aromatic carboxylic acids is 1. The molecule has 20 heavy (non-hydrogen) atoms.